The van der Waals surface area contributed by atoms with Crippen LogP contribution in [-0.2, 0) is 6.54 Å². The summed E-state index contributed by atoms with van der Waals surface area (Å²) in [5, 5.41) is 3.00. The summed E-state index contributed by atoms with van der Waals surface area (Å²) in [6.07, 6.45) is 2.88. The Kier molecular flexibility index (Phi) is 4.67. The van der Waals surface area contributed by atoms with Crippen LogP contribution < -0.4 is 5.32 Å². The molecule has 1 aromatic heterocycles. The number of hydrogen-bond acceptors (Lipinski definition) is 1. The van der Waals surface area contributed by atoms with Crippen molar-refractivity contribution in [3.63, 3.8) is 0 Å². The number of aromatic nitrogens is 1. The number of rotatable bonds is 3. The summed E-state index contributed by atoms with van der Waals surface area (Å²) in [5.74, 6) is -0.284. The monoisotopic (exact) mass is 363 g/mol. The fourth-order valence-corrected chi connectivity index (χ4v) is 3.67. The Morgan fingerprint density at radius 2 is 1.89 bits per heavy atom. The van der Waals surface area contributed by atoms with Crippen LogP contribution >= 0.6 is 0 Å². The molecule has 0 radical (unpaired) electrons. The second-order valence-electron chi connectivity index (χ2n) is 6.75. The lowest BCUT2D eigenvalue weighted by Crippen LogP contribution is -2.42. The van der Waals surface area contributed by atoms with E-state index in [4.69, 9.17) is 0 Å². The van der Waals surface area contributed by atoms with Gasteiger partial charge in [-0.1, -0.05) is 37.3 Å². The molecule has 2 heterocycles. The molecule has 1 aliphatic rings. The number of nitrogens with one attached hydrogen (secondary N) is 1. The van der Waals surface area contributed by atoms with Gasteiger partial charge in [-0.25, -0.2) is 9.18 Å². The summed E-state index contributed by atoms with van der Waals surface area (Å²) in [4.78, 5) is 14.9. The van der Waals surface area contributed by atoms with E-state index < -0.39 is 0 Å². The van der Waals surface area contributed by atoms with E-state index in [0.29, 0.717) is 13.1 Å². The van der Waals surface area contributed by atoms with Crippen LogP contribution in [0, 0.1) is 5.82 Å². The van der Waals surface area contributed by atoms with E-state index in [-0.39, 0.29) is 17.9 Å². The molecule has 0 saturated heterocycles. The van der Waals surface area contributed by atoms with E-state index in [9.17, 15) is 9.18 Å². The Morgan fingerprint density at radius 1 is 1.11 bits per heavy atom. The molecule has 2 amide bonds. The number of fused-ring (bicyclic) bond motifs is 3. The third kappa shape index (κ3) is 3.21. The molecule has 0 bridgehead atoms. The first-order chi connectivity index (χ1) is 13.2. The molecule has 1 aliphatic heterocycles. The van der Waals surface area contributed by atoms with Crippen molar-refractivity contribution in [3.8, 4) is 5.69 Å². The summed E-state index contributed by atoms with van der Waals surface area (Å²) in [5.41, 5.74) is 4.01. The molecule has 0 aliphatic carbocycles. The predicted octanol–water partition coefficient (Wildman–Crippen LogP) is 4.64. The van der Waals surface area contributed by atoms with Gasteiger partial charge in [0.1, 0.15) is 5.82 Å². The standard InChI is InChI=1S/C22H22FN3O/c1-2-13-24-22(27)26-15-17-6-3-4-7-19(17)25-14-5-8-20(25)21(26)16-9-11-18(23)12-10-16/h3-12,14,21H,2,13,15H2,1H3,(H,24,27). The van der Waals surface area contributed by atoms with E-state index in [1.807, 2.05) is 48.4 Å². The molecule has 5 heteroatoms. The molecular formula is C22H22FN3O. The van der Waals surface area contributed by atoms with Gasteiger partial charge >= 0.3 is 6.03 Å². The average Bonchev–Trinajstić information content (AvgIpc) is 3.11. The van der Waals surface area contributed by atoms with Crippen LogP contribution in [0.1, 0.15) is 36.2 Å². The number of urea groups is 1. The number of benzene rings is 2. The van der Waals surface area contributed by atoms with Crippen LogP contribution in [0.15, 0.2) is 66.9 Å². The van der Waals surface area contributed by atoms with Crippen molar-refractivity contribution in [2.24, 2.45) is 0 Å². The van der Waals surface area contributed by atoms with Crippen LogP contribution in [0.25, 0.3) is 5.69 Å². The van der Waals surface area contributed by atoms with Gasteiger partial charge in [0.05, 0.1) is 18.3 Å². The highest BCUT2D eigenvalue weighted by Crippen LogP contribution is 2.36. The molecule has 4 rings (SSSR count). The lowest BCUT2D eigenvalue weighted by Gasteiger charge is -2.31. The van der Waals surface area contributed by atoms with Gasteiger partial charge in [0.25, 0.3) is 0 Å². The van der Waals surface area contributed by atoms with Crippen LogP contribution in [0.2, 0.25) is 0 Å². The molecule has 1 unspecified atom stereocenters. The summed E-state index contributed by atoms with van der Waals surface area (Å²) >= 11 is 0. The quantitative estimate of drug-likeness (QED) is 0.723. The predicted molar refractivity (Wildman–Crippen MR) is 103 cm³/mol. The van der Waals surface area contributed by atoms with Gasteiger partial charge in [-0.15, -0.1) is 0 Å². The van der Waals surface area contributed by atoms with Crippen molar-refractivity contribution in [1.82, 2.24) is 14.8 Å². The Morgan fingerprint density at radius 3 is 2.67 bits per heavy atom. The fraction of sp³-hybridized carbons (Fsp3) is 0.227. The zero-order valence-corrected chi connectivity index (χ0v) is 15.2. The molecule has 3 aromatic rings. The highest BCUT2D eigenvalue weighted by molar-refractivity contribution is 5.76. The molecule has 27 heavy (non-hydrogen) atoms. The maximum Gasteiger partial charge on any atom is 0.318 e. The van der Waals surface area contributed by atoms with Crippen molar-refractivity contribution in [2.45, 2.75) is 25.9 Å². The Labute approximate surface area is 158 Å². The highest BCUT2D eigenvalue weighted by Gasteiger charge is 2.32. The first-order valence-electron chi connectivity index (χ1n) is 9.24. The number of hydrogen-bond donors (Lipinski definition) is 1. The summed E-state index contributed by atoms with van der Waals surface area (Å²) < 4.78 is 15.6. The van der Waals surface area contributed by atoms with Crippen LogP contribution in [0.5, 0.6) is 0 Å². The number of carbonyl (C=O) groups excluding carboxylic acids is 1. The molecule has 0 fully saturated rings. The Bertz CT molecular complexity index is 948. The third-order valence-electron chi connectivity index (χ3n) is 4.94. The number of amides is 2. The maximum atomic E-state index is 13.5. The van der Waals surface area contributed by atoms with Crippen LogP contribution in [-0.4, -0.2) is 22.0 Å². The van der Waals surface area contributed by atoms with E-state index in [2.05, 4.69) is 16.0 Å². The van der Waals surface area contributed by atoms with Crippen molar-refractivity contribution < 1.29 is 9.18 Å². The third-order valence-corrected chi connectivity index (χ3v) is 4.94. The lowest BCUT2D eigenvalue weighted by atomic mass is 10.0. The first kappa shape index (κ1) is 17.3. The lowest BCUT2D eigenvalue weighted by molar-refractivity contribution is 0.180. The summed E-state index contributed by atoms with van der Waals surface area (Å²) in [6.45, 7) is 3.13. The summed E-state index contributed by atoms with van der Waals surface area (Å²) in [6, 6.07) is 18.1. The van der Waals surface area contributed by atoms with Crippen molar-refractivity contribution in [3.05, 3.63) is 89.5 Å². The second kappa shape index (κ2) is 7.27. The minimum Gasteiger partial charge on any atom is -0.338 e. The maximum absolute atomic E-state index is 13.5. The van der Waals surface area contributed by atoms with Gasteiger partial charge in [-0.3, -0.25) is 0 Å². The van der Waals surface area contributed by atoms with E-state index in [0.717, 1.165) is 28.9 Å². The molecule has 138 valence electrons. The Balaban J connectivity index is 1.87. The largest absolute Gasteiger partial charge is 0.338 e. The van der Waals surface area contributed by atoms with Crippen LogP contribution in [0.3, 0.4) is 0 Å². The summed E-state index contributed by atoms with van der Waals surface area (Å²) in [7, 11) is 0. The van der Waals surface area contributed by atoms with Gasteiger partial charge in [0.15, 0.2) is 0 Å². The minimum atomic E-state index is -0.301. The number of nitrogens with zero attached hydrogens (tertiary/aromatic N) is 2. The normalized spacial score (nSPS) is 15.6. The number of carbonyl (C=O) groups is 1. The van der Waals surface area contributed by atoms with E-state index in [1.165, 1.54) is 12.1 Å². The zero-order chi connectivity index (χ0) is 18.8. The molecule has 2 aromatic carbocycles. The molecule has 4 nitrogen and oxygen atoms in total. The minimum absolute atomic E-state index is 0.115. The van der Waals surface area contributed by atoms with Crippen LogP contribution in [0.4, 0.5) is 9.18 Å². The van der Waals surface area contributed by atoms with Gasteiger partial charge < -0.3 is 14.8 Å². The topological polar surface area (TPSA) is 37.3 Å². The van der Waals surface area contributed by atoms with Crippen molar-refractivity contribution in [2.75, 3.05) is 6.54 Å². The average molecular weight is 363 g/mol. The van der Waals surface area contributed by atoms with Gasteiger partial charge in [-0.05, 0) is 47.9 Å². The second-order valence-corrected chi connectivity index (χ2v) is 6.75. The van der Waals surface area contributed by atoms with Gasteiger partial charge in [0.2, 0.25) is 0 Å². The molecular weight excluding hydrogens is 341 g/mol. The molecule has 0 spiro atoms. The van der Waals surface area contributed by atoms with Crippen molar-refractivity contribution >= 4 is 6.03 Å². The van der Waals surface area contributed by atoms with Gasteiger partial charge in [-0.2, -0.15) is 0 Å². The molecule has 1 N–H and O–H groups in total. The smallest absolute Gasteiger partial charge is 0.318 e. The number of para-hydroxylation sites is 1. The first-order valence-corrected chi connectivity index (χ1v) is 9.24. The van der Waals surface area contributed by atoms with Crippen molar-refractivity contribution in [1.29, 1.82) is 0 Å². The van der Waals surface area contributed by atoms with E-state index in [1.54, 1.807) is 12.1 Å². The molecule has 0 saturated carbocycles. The highest BCUT2D eigenvalue weighted by atomic mass is 19.1. The fourth-order valence-electron chi connectivity index (χ4n) is 3.67. The SMILES string of the molecule is CCCNC(=O)N1Cc2ccccc2-n2cccc2C1c1ccc(F)cc1. The zero-order valence-electron chi connectivity index (χ0n) is 15.2. The Hall–Kier alpha value is -3.08. The van der Waals surface area contributed by atoms with Gasteiger partial charge in [0, 0.05) is 18.4 Å². The molecule has 1 atom stereocenters. The van der Waals surface area contributed by atoms with E-state index >= 15 is 0 Å². The number of halogens is 1.